The topological polar surface area (TPSA) is 88.1 Å². The number of hydrogen-bond donors (Lipinski definition) is 1. The third-order valence-corrected chi connectivity index (χ3v) is 3.87. The van der Waals surface area contributed by atoms with Crippen LogP contribution in [0.2, 0.25) is 0 Å². The van der Waals surface area contributed by atoms with Crippen molar-refractivity contribution >= 4 is 5.97 Å². The Morgan fingerprint density at radius 2 is 1.96 bits per heavy atom. The van der Waals surface area contributed by atoms with Gasteiger partial charge in [0.15, 0.2) is 5.75 Å². The van der Waals surface area contributed by atoms with Gasteiger partial charge in [0, 0.05) is 0 Å². The number of hydrogen-bond acceptors (Lipinski definition) is 4. The summed E-state index contributed by atoms with van der Waals surface area (Å²) < 4.78 is 7.56. The van der Waals surface area contributed by atoms with Crippen molar-refractivity contribution in [3.8, 4) is 17.6 Å². The van der Waals surface area contributed by atoms with Gasteiger partial charge >= 0.3 is 5.97 Å². The van der Waals surface area contributed by atoms with E-state index in [2.05, 4.69) is 11.2 Å². The number of aliphatic carboxylic acids is 1. The second-order valence-electron chi connectivity index (χ2n) is 5.37. The first-order valence-corrected chi connectivity index (χ1v) is 8.06. The molecule has 126 valence electrons. The van der Waals surface area contributed by atoms with Crippen LogP contribution in [0.4, 0.5) is 0 Å². The molecule has 6 nitrogen and oxygen atoms in total. The molecule has 2 rings (SSSR count). The molecule has 0 saturated heterocycles. The smallest absolute Gasteiger partial charge is 0.328 e. The summed E-state index contributed by atoms with van der Waals surface area (Å²) >= 11 is 0. The lowest BCUT2D eigenvalue weighted by Crippen LogP contribution is -2.21. The number of benzene rings is 1. The number of nitriles is 1. The monoisotopic (exact) mass is 327 g/mol. The quantitative estimate of drug-likeness (QED) is 0.837. The van der Waals surface area contributed by atoms with E-state index in [0.29, 0.717) is 36.3 Å². The van der Waals surface area contributed by atoms with Gasteiger partial charge in [-0.05, 0) is 43.5 Å². The van der Waals surface area contributed by atoms with Crippen LogP contribution in [-0.4, -0.2) is 20.9 Å². The van der Waals surface area contributed by atoms with Crippen LogP contribution in [0, 0.1) is 11.3 Å². The Labute approximate surface area is 141 Å². The molecule has 0 aliphatic rings. The number of carbonyl (C=O) groups is 1. The van der Waals surface area contributed by atoms with Gasteiger partial charge in [-0.1, -0.05) is 20.8 Å². The first-order chi connectivity index (χ1) is 11.5. The molecule has 1 N–H and O–H groups in total. The van der Waals surface area contributed by atoms with Crippen LogP contribution in [0.3, 0.4) is 0 Å². The van der Waals surface area contributed by atoms with Gasteiger partial charge in [0.2, 0.25) is 0 Å². The van der Waals surface area contributed by atoms with E-state index in [-0.39, 0.29) is 0 Å². The molecule has 0 bridgehead atoms. The van der Waals surface area contributed by atoms with Crippen LogP contribution >= 0.6 is 0 Å². The molecule has 0 saturated carbocycles. The molecule has 0 aliphatic heterocycles. The highest BCUT2D eigenvalue weighted by Crippen LogP contribution is 2.32. The van der Waals surface area contributed by atoms with Crippen LogP contribution in [0.1, 0.15) is 50.2 Å². The van der Waals surface area contributed by atoms with Gasteiger partial charge in [0.05, 0.1) is 17.3 Å². The fourth-order valence-corrected chi connectivity index (χ4v) is 2.60. The summed E-state index contributed by atoms with van der Waals surface area (Å²) in [6.07, 6.45) is 1.70. The Morgan fingerprint density at radius 1 is 1.29 bits per heavy atom. The van der Waals surface area contributed by atoms with Gasteiger partial charge in [-0.3, -0.25) is 4.68 Å². The first kappa shape index (κ1) is 17.5. The fourth-order valence-electron chi connectivity index (χ4n) is 2.60. The van der Waals surface area contributed by atoms with E-state index in [4.69, 9.17) is 10.00 Å². The van der Waals surface area contributed by atoms with E-state index in [9.17, 15) is 9.90 Å². The zero-order valence-electron chi connectivity index (χ0n) is 14.1. The molecule has 1 aromatic heterocycles. The van der Waals surface area contributed by atoms with Gasteiger partial charge in [-0.25, -0.2) is 4.79 Å². The molecular formula is C18H21N3O3. The second kappa shape index (κ2) is 7.64. The van der Waals surface area contributed by atoms with Crippen LogP contribution in [0.5, 0.6) is 11.5 Å². The van der Waals surface area contributed by atoms with Crippen LogP contribution in [-0.2, 0) is 17.6 Å². The Bertz CT molecular complexity index is 757. The van der Waals surface area contributed by atoms with Crippen molar-refractivity contribution in [1.29, 1.82) is 5.26 Å². The summed E-state index contributed by atoms with van der Waals surface area (Å²) in [5, 5.41) is 22.8. The molecule has 0 aliphatic carbocycles. The number of rotatable bonds is 7. The molecule has 0 fully saturated rings. The molecule has 1 atom stereocenters. The number of carboxylic acids is 1. The van der Waals surface area contributed by atoms with E-state index in [1.807, 2.05) is 20.8 Å². The molecule has 0 amide bonds. The Kier molecular flexibility index (Phi) is 5.59. The predicted octanol–water partition coefficient (Wildman–Crippen LogP) is 3.71. The highest BCUT2D eigenvalue weighted by molar-refractivity contribution is 5.72. The van der Waals surface area contributed by atoms with Crippen molar-refractivity contribution in [2.24, 2.45) is 0 Å². The van der Waals surface area contributed by atoms with E-state index >= 15 is 0 Å². The minimum Gasteiger partial charge on any atom is -0.480 e. The van der Waals surface area contributed by atoms with E-state index in [1.165, 1.54) is 0 Å². The van der Waals surface area contributed by atoms with Gasteiger partial charge in [-0.15, -0.1) is 0 Å². The molecule has 0 spiro atoms. The van der Waals surface area contributed by atoms with E-state index in [0.717, 1.165) is 11.4 Å². The first-order valence-electron chi connectivity index (χ1n) is 8.06. The van der Waals surface area contributed by atoms with Crippen molar-refractivity contribution in [3.63, 3.8) is 0 Å². The highest BCUT2D eigenvalue weighted by atomic mass is 16.5. The molecule has 6 heteroatoms. The minimum absolute atomic E-state index is 0.448. The average molecular weight is 327 g/mol. The van der Waals surface area contributed by atoms with Crippen molar-refractivity contribution in [3.05, 3.63) is 41.2 Å². The summed E-state index contributed by atoms with van der Waals surface area (Å²) in [5.74, 6) is 0.313. The Hall–Kier alpha value is -2.81. The Morgan fingerprint density at radius 3 is 2.42 bits per heavy atom. The lowest BCUT2D eigenvalue weighted by Gasteiger charge is -2.14. The molecule has 1 aromatic carbocycles. The zero-order valence-corrected chi connectivity index (χ0v) is 14.1. The third kappa shape index (κ3) is 3.40. The maximum Gasteiger partial charge on any atom is 0.328 e. The van der Waals surface area contributed by atoms with Gasteiger partial charge in [-0.2, -0.15) is 10.4 Å². The molecular weight excluding hydrogens is 306 g/mol. The molecule has 1 unspecified atom stereocenters. The summed E-state index contributed by atoms with van der Waals surface area (Å²) in [7, 11) is 0. The van der Waals surface area contributed by atoms with E-state index in [1.54, 1.807) is 28.9 Å². The molecule has 24 heavy (non-hydrogen) atoms. The minimum atomic E-state index is -0.901. The van der Waals surface area contributed by atoms with Gasteiger partial charge in [0.1, 0.15) is 17.5 Å². The van der Waals surface area contributed by atoms with E-state index < -0.39 is 12.0 Å². The van der Waals surface area contributed by atoms with Gasteiger partial charge in [0.25, 0.3) is 0 Å². The fraction of sp³-hybridized carbons (Fsp3) is 0.389. The lowest BCUT2D eigenvalue weighted by atomic mass is 10.2. The van der Waals surface area contributed by atoms with Crippen LogP contribution in [0.15, 0.2) is 24.3 Å². The second-order valence-corrected chi connectivity index (χ2v) is 5.37. The number of carboxylic acid groups (broad SMARTS) is 1. The van der Waals surface area contributed by atoms with Crippen molar-refractivity contribution < 1.29 is 14.6 Å². The van der Waals surface area contributed by atoms with Crippen molar-refractivity contribution in [2.45, 2.75) is 46.1 Å². The SMILES string of the molecule is CCc1nn(C(CC)C(=O)O)c(CC)c1Oc1ccc(C#N)cc1. The van der Waals surface area contributed by atoms with Crippen LogP contribution in [0.25, 0.3) is 0 Å². The number of aromatic nitrogens is 2. The highest BCUT2D eigenvalue weighted by Gasteiger charge is 2.26. The summed E-state index contributed by atoms with van der Waals surface area (Å²) in [6, 6.07) is 8.18. The number of ether oxygens (including phenoxy) is 1. The molecule has 2 aromatic rings. The summed E-state index contributed by atoms with van der Waals surface area (Å²) in [4.78, 5) is 11.5. The maximum atomic E-state index is 11.5. The van der Waals surface area contributed by atoms with Gasteiger partial charge < -0.3 is 9.84 Å². The molecule has 0 radical (unpaired) electrons. The lowest BCUT2D eigenvalue weighted by molar-refractivity contribution is -0.141. The molecule has 1 heterocycles. The van der Waals surface area contributed by atoms with Crippen LogP contribution < -0.4 is 4.74 Å². The third-order valence-electron chi connectivity index (χ3n) is 3.87. The Balaban J connectivity index is 2.46. The average Bonchev–Trinajstić information content (AvgIpc) is 2.93. The van der Waals surface area contributed by atoms with Crippen molar-refractivity contribution in [1.82, 2.24) is 9.78 Å². The largest absolute Gasteiger partial charge is 0.480 e. The van der Waals surface area contributed by atoms with Crippen molar-refractivity contribution in [2.75, 3.05) is 0 Å². The maximum absolute atomic E-state index is 11.5. The summed E-state index contributed by atoms with van der Waals surface area (Å²) in [6.45, 7) is 5.74. The number of nitrogens with zero attached hydrogens (tertiary/aromatic N) is 3. The number of aryl methyl sites for hydroxylation is 1. The predicted molar refractivity (Wildman–Crippen MR) is 89.2 cm³/mol. The normalized spacial score (nSPS) is 11.8. The summed E-state index contributed by atoms with van der Waals surface area (Å²) in [5.41, 5.74) is 2.06. The zero-order chi connectivity index (χ0) is 17.7. The standard InChI is InChI=1S/C18H21N3O3/c1-4-14-17(24-13-9-7-12(11-19)8-10-13)15(5-2)21(20-14)16(6-3)18(22)23/h7-10,16H,4-6H2,1-3H3,(H,22,23).